The van der Waals surface area contributed by atoms with Crippen molar-refractivity contribution in [2.45, 2.75) is 61.6 Å². The summed E-state index contributed by atoms with van der Waals surface area (Å²) in [5.74, 6) is -1.19. The molecule has 36 heavy (non-hydrogen) atoms. The highest BCUT2D eigenvalue weighted by molar-refractivity contribution is 7.90. The number of carbonyl (C=O) groups excluding carboxylic acids is 1. The molecule has 4 atom stereocenters. The molecule has 1 aliphatic rings. The first-order valence-corrected chi connectivity index (χ1v) is 13.1. The lowest BCUT2D eigenvalue weighted by molar-refractivity contribution is -0.161. The van der Waals surface area contributed by atoms with Gasteiger partial charge in [0.25, 0.3) is 0 Å². The number of alkyl halides is 4. The minimum atomic E-state index is -4.79. The van der Waals surface area contributed by atoms with Gasteiger partial charge < -0.3 is 5.32 Å². The highest BCUT2D eigenvalue weighted by atomic mass is 32.2. The molecule has 1 aliphatic carbocycles. The fraction of sp³-hybridized carbons (Fsp3) is 0.440. The van der Waals surface area contributed by atoms with E-state index in [0.29, 0.717) is 17.5 Å². The summed E-state index contributed by atoms with van der Waals surface area (Å²) in [7, 11) is -3.38. The van der Waals surface area contributed by atoms with Gasteiger partial charge in [-0.2, -0.15) is 18.4 Å². The SMILES string of the molecule is CC(C)(F)C[C@H](N[C@@H](c1ccc(-c2ccc(S(C)(=O)=O)cc2)cc1)C(F)(F)F)C(=O)NC1CC1C#N. The van der Waals surface area contributed by atoms with E-state index in [4.69, 9.17) is 5.26 Å². The van der Waals surface area contributed by atoms with E-state index in [1.165, 1.54) is 50.2 Å². The van der Waals surface area contributed by atoms with Crippen LogP contribution in [0.25, 0.3) is 11.1 Å². The molecule has 0 aliphatic heterocycles. The number of nitrogens with one attached hydrogen (secondary N) is 2. The maximum Gasteiger partial charge on any atom is 0.407 e. The largest absolute Gasteiger partial charge is 0.407 e. The number of benzene rings is 2. The number of hydrogen-bond acceptors (Lipinski definition) is 5. The second-order valence-electron chi connectivity index (χ2n) is 9.62. The van der Waals surface area contributed by atoms with Gasteiger partial charge in [-0.3, -0.25) is 10.1 Å². The first-order chi connectivity index (χ1) is 16.6. The summed E-state index contributed by atoms with van der Waals surface area (Å²) in [6, 6.07) is 9.17. The fourth-order valence-electron chi connectivity index (χ4n) is 3.84. The van der Waals surface area contributed by atoms with Gasteiger partial charge in [0, 0.05) is 18.7 Å². The highest BCUT2D eigenvalue weighted by Gasteiger charge is 2.45. The number of halogens is 4. The standard InChI is InChI=1S/C25H27F4N3O3S/c1-24(2,26)13-21(23(33)32-20-12-18(20)14-30)31-22(25(27,28)29)17-6-4-15(5-7-17)16-8-10-19(11-9-16)36(3,34)35/h4-11,18,20-22,31H,12-13H2,1-3H3,(H,32,33)/t18?,20?,21-,22-/m0/s1. The predicted octanol–water partition coefficient (Wildman–Crippen LogP) is 4.49. The zero-order valence-corrected chi connectivity index (χ0v) is 20.8. The normalized spacial score (nSPS) is 19.7. The number of carbonyl (C=O) groups is 1. The Kier molecular flexibility index (Phi) is 7.81. The zero-order valence-electron chi connectivity index (χ0n) is 19.9. The van der Waals surface area contributed by atoms with Crippen molar-refractivity contribution in [2.75, 3.05) is 6.26 Å². The average molecular weight is 526 g/mol. The molecule has 1 amide bonds. The van der Waals surface area contributed by atoms with E-state index in [9.17, 15) is 30.8 Å². The first kappa shape index (κ1) is 27.6. The lowest BCUT2D eigenvalue weighted by Crippen LogP contribution is -2.51. The third kappa shape index (κ3) is 7.27. The Hall–Kier alpha value is -2.97. The quantitative estimate of drug-likeness (QED) is 0.470. The van der Waals surface area contributed by atoms with Crippen molar-refractivity contribution in [2.24, 2.45) is 5.92 Å². The molecule has 0 heterocycles. The summed E-state index contributed by atoms with van der Waals surface area (Å²) in [5, 5.41) is 13.7. The molecule has 2 aromatic carbocycles. The topological polar surface area (TPSA) is 99.1 Å². The van der Waals surface area contributed by atoms with E-state index in [2.05, 4.69) is 10.6 Å². The summed E-state index contributed by atoms with van der Waals surface area (Å²) in [4.78, 5) is 12.8. The Morgan fingerprint density at radius 1 is 1.06 bits per heavy atom. The van der Waals surface area contributed by atoms with Gasteiger partial charge in [-0.25, -0.2) is 12.8 Å². The maximum absolute atomic E-state index is 14.4. The third-order valence-electron chi connectivity index (χ3n) is 5.84. The predicted molar refractivity (Wildman–Crippen MR) is 126 cm³/mol. The van der Waals surface area contributed by atoms with Gasteiger partial charge >= 0.3 is 6.18 Å². The van der Waals surface area contributed by atoms with Gasteiger partial charge in [0.15, 0.2) is 9.84 Å². The summed E-state index contributed by atoms with van der Waals surface area (Å²) < 4.78 is 79.8. The van der Waals surface area contributed by atoms with E-state index in [-0.39, 0.29) is 10.5 Å². The van der Waals surface area contributed by atoms with Crippen LogP contribution in [0.4, 0.5) is 17.6 Å². The van der Waals surface area contributed by atoms with Crippen LogP contribution < -0.4 is 10.6 Å². The molecular formula is C25H27F4N3O3S. The number of hydrogen-bond donors (Lipinski definition) is 2. The lowest BCUT2D eigenvalue weighted by Gasteiger charge is -2.30. The van der Waals surface area contributed by atoms with Crippen LogP contribution in [0.2, 0.25) is 0 Å². The maximum atomic E-state index is 14.4. The molecule has 2 N–H and O–H groups in total. The minimum Gasteiger partial charge on any atom is -0.351 e. The van der Waals surface area contributed by atoms with Crippen LogP contribution in [0, 0.1) is 17.2 Å². The molecule has 0 saturated heterocycles. The van der Waals surface area contributed by atoms with E-state index < -0.39 is 58.1 Å². The van der Waals surface area contributed by atoms with Crippen molar-refractivity contribution in [1.82, 2.24) is 10.6 Å². The minimum absolute atomic E-state index is 0.122. The Bertz CT molecular complexity index is 1230. The summed E-state index contributed by atoms with van der Waals surface area (Å²) in [6.07, 6.45) is -3.80. The van der Waals surface area contributed by atoms with Gasteiger partial charge in [0.1, 0.15) is 11.7 Å². The monoisotopic (exact) mass is 525 g/mol. The van der Waals surface area contributed by atoms with Crippen LogP contribution in [0.15, 0.2) is 53.4 Å². The van der Waals surface area contributed by atoms with Crippen LogP contribution in [0.3, 0.4) is 0 Å². The number of nitrogens with zero attached hydrogens (tertiary/aromatic N) is 1. The molecule has 3 rings (SSSR count). The smallest absolute Gasteiger partial charge is 0.351 e. The molecule has 0 spiro atoms. The van der Waals surface area contributed by atoms with Crippen molar-refractivity contribution in [3.63, 3.8) is 0 Å². The molecule has 0 aromatic heterocycles. The molecule has 2 unspecified atom stereocenters. The molecular weight excluding hydrogens is 498 g/mol. The van der Waals surface area contributed by atoms with E-state index in [1.807, 2.05) is 6.07 Å². The Morgan fingerprint density at radius 2 is 1.58 bits per heavy atom. The number of nitriles is 1. The molecule has 6 nitrogen and oxygen atoms in total. The molecule has 194 valence electrons. The second-order valence-corrected chi connectivity index (χ2v) is 11.6. The number of amides is 1. The zero-order chi connectivity index (χ0) is 26.9. The van der Waals surface area contributed by atoms with Crippen LogP contribution in [-0.4, -0.2) is 44.5 Å². The van der Waals surface area contributed by atoms with Crippen molar-refractivity contribution in [1.29, 1.82) is 5.26 Å². The van der Waals surface area contributed by atoms with Crippen LogP contribution >= 0.6 is 0 Å². The Morgan fingerprint density at radius 3 is 2.00 bits per heavy atom. The molecule has 1 fully saturated rings. The Labute approximate surface area is 207 Å². The fourth-order valence-corrected chi connectivity index (χ4v) is 4.47. The van der Waals surface area contributed by atoms with Crippen molar-refractivity contribution < 1.29 is 30.8 Å². The van der Waals surface area contributed by atoms with Gasteiger partial charge in [0.2, 0.25) is 5.91 Å². The van der Waals surface area contributed by atoms with Crippen LogP contribution in [0.1, 0.15) is 38.3 Å². The van der Waals surface area contributed by atoms with Crippen LogP contribution in [-0.2, 0) is 14.6 Å². The van der Waals surface area contributed by atoms with Gasteiger partial charge in [-0.15, -0.1) is 0 Å². The summed E-state index contributed by atoms with van der Waals surface area (Å²) in [5.41, 5.74) is -0.922. The summed E-state index contributed by atoms with van der Waals surface area (Å²) in [6.45, 7) is 2.35. The average Bonchev–Trinajstić information content (AvgIpc) is 3.52. The second kappa shape index (κ2) is 10.2. The number of sulfone groups is 1. The highest BCUT2D eigenvalue weighted by Crippen LogP contribution is 2.35. The Balaban J connectivity index is 1.84. The van der Waals surface area contributed by atoms with Crippen molar-refractivity contribution in [3.8, 4) is 17.2 Å². The van der Waals surface area contributed by atoms with E-state index in [0.717, 1.165) is 6.26 Å². The lowest BCUT2D eigenvalue weighted by atomic mass is 9.96. The van der Waals surface area contributed by atoms with Gasteiger partial charge in [-0.05, 0) is 49.1 Å². The molecule has 2 aromatic rings. The molecule has 0 bridgehead atoms. The molecule has 11 heteroatoms. The van der Waals surface area contributed by atoms with Gasteiger partial charge in [0.05, 0.1) is 22.9 Å². The molecule has 0 radical (unpaired) electrons. The van der Waals surface area contributed by atoms with E-state index in [1.54, 1.807) is 12.1 Å². The summed E-state index contributed by atoms with van der Waals surface area (Å²) >= 11 is 0. The molecule has 1 saturated carbocycles. The van der Waals surface area contributed by atoms with E-state index >= 15 is 0 Å². The van der Waals surface area contributed by atoms with Crippen molar-refractivity contribution in [3.05, 3.63) is 54.1 Å². The van der Waals surface area contributed by atoms with Gasteiger partial charge in [-0.1, -0.05) is 36.4 Å². The number of rotatable bonds is 9. The first-order valence-electron chi connectivity index (χ1n) is 11.2. The third-order valence-corrected chi connectivity index (χ3v) is 6.97. The van der Waals surface area contributed by atoms with Crippen molar-refractivity contribution >= 4 is 15.7 Å². The van der Waals surface area contributed by atoms with Crippen LogP contribution in [0.5, 0.6) is 0 Å².